The molecule has 0 fully saturated rings. The van der Waals surface area contributed by atoms with Gasteiger partial charge in [-0.3, -0.25) is 14.4 Å². The molecule has 0 spiro atoms. The Hall–Kier alpha value is -3.14. The molecule has 0 aliphatic carbocycles. The van der Waals surface area contributed by atoms with Gasteiger partial charge >= 0.3 is 24.1 Å². The molecule has 0 radical (unpaired) electrons. The first-order valence-corrected chi connectivity index (χ1v) is 11.3. The Morgan fingerprint density at radius 2 is 1.53 bits per heavy atom. The highest BCUT2D eigenvalue weighted by Crippen LogP contribution is 2.30. The van der Waals surface area contributed by atoms with Gasteiger partial charge in [-0.05, 0) is 36.5 Å². The quantitative estimate of drug-likeness (QED) is 0.240. The standard InChI is InChI=1S/C24H35NO9/c1-6-21(26)33-19-9-8-17(15-20(19)34-22(27)7-2)14-18(23(28)30-5)25-11-13-32-24(29)31-12-10-16(3)4/h8-9,15-16,18,25H,6-7,10-14H2,1-5H3/t18-/m0/s1. The zero-order valence-electron chi connectivity index (χ0n) is 20.5. The van der Waals surface area contributed by atoms with Crippen LogP contribution in [0.2, 0.25) is 0 Å². The van der Waals surface area contributed by atoms with Crippen molar-refractivity contribution < 1.29 is 42.9 Å². The first-order valence-electron chi connectivity index (χ1n) is 11.3. The van der Waals surface area contributed by atoms with Gasteiger partial charge in [0.05, 0.1) is 13.7 Å². The number of carbonyl (C=O) groups excluding carboxylic acids is 4. The number of nitrogens with one attached hydrogen (secondary N) is 1. The van der Waals surface area contributed by atoms with Crippen molar-refractivity contribution in [3.8, 4) is 11.5 Å². The van der Waals surface area contributed by atoms with E-state index in [1.54, 1.807) is 19.9 Å². The lowest BCUT2D eigenvalue weighted by molar-refractivity contribution is -0.143. The van der Waals surface area contributed by atoms with E-state index >= 15 is 0 Å². The molecule has 190 valence electrons. The van der Waals surface area contributed by atoms with Crippen LogP contribution in [-0.2, 0) is 35.0 Å². The summed E-state index contributed by atoms with van der Waals surface area (Å²) in [5, 5.41) is 2.98. The highest BCUT2D eigenvalue weighted by Gasteiger charge is 2.21. The van der Waals surface area contributed by atoms with Crippen molar-refractivity contribution >= 4 is 24.1 Å². The predicted molar refractivity (Wildman–Crippen MR) is 123 cm³/mol. The van der Waals surface area contributed by atoms with Gasteiger partial charge in [0, 0.05) is 19.4 Å². The van der Waals surface area contributed by atoms with E-state index in [4.69, 9.17) is 23.7 Å². The second kappa shape index (κ2) is 15.7. The van der Waals surface area contributed by atoms with E-state index < -0.39 is 30.1 Å². The Kier molecular flexibility index (Phi) is 13.3. The fourth-order valence-corrected chi connectivity index (χ4v) is 2.64. The Morgan fingerprint density at radius 3 is 2.12 bits per heavy atom. The minimum absolute atomic E-state index is 0.000718. The molecule has 1 N–H and O–H groups in total. The molecule has 1 aromatic rings. The first kappa shape index (κ1) is 28.9. The molecule has 0 amide bonds. The normalized spacial score (nSPS) is 11.5. The molecular formula is C24H35NO9. The minimum atomic E-state index is -0.767. The molecule has 1 rings (SSSR count). The topological polar surface area (TPSA) is 126 Å². The van der Waals surface area contributed by atoms with Crippen LogP contribution < -0.4 is 14.8 Å². The monoisotopic (exact) mass is 481 g/mol. The highest BCUT2D eigenvalue weighted by atomic mass is 16.7. The molecule has 0 aromatic heterocycles. The number of esters is 3. The van der Waals surface area contributed by atoms with E-state index in [0.29, 0.717) is 11.5 Å². The lowest BCUT2D eigenvalue weighted by Crippen LogP contribution is -2.41. The van der Waals surface area contributed by atoms with Gasteiger partial charge in [0.2, 0.25) is 0 Å². The summed E-state index contributed by atoms with van der Waals surface area (Å²) in [5.74, 6) is -0.877. The predicted octanol–water partition coefficient (Wildman–Crippen LogP) is 3.19. The summed E-state index contributed by atoms with van der Waals surface area (Å²) in [6.45, 7) is 7.80. The maximum Gasteiger partial charge on any atom is 0.508 e. The number of rotatable bonds is 14. The van der Waals surface area contributed by atoms with Crippen LogP contribution in [0.25, 0.3) is 0 Å². The van der Waals surface area contributed by atoms with E-state index in [1.807, 2.05) is 13.8 Å². The Bertz CT molecular complexity index is 823. The van der Waals surface area contributed by atoms with Gasteiger partial charge in [-0.15, -0.1) is 0 Å². The highest BCUT2D eigenvalue weighted by molar-refractivity contribution is 5.77. The van der Waals surface area contributed by atoms with Gasteiger partial charge in [0.1, 0.15) is 12.6 Å². The van der Waals surface area contributed by atoms with Crippen LogP contribution in [0, 0.1) is 5.92 Å². The molecule has 10 nitrogen and oxygen atoms in total. The molecule has 34 heavy (non-hydrogen) atoms. The number of ether oxygens (including phenoxy) is 5. The number of benzene rings is 1. The van der Waals surface area contributed by atoms with Crippen molar-refractivity contribution in [3.63, 3.8) is 0 Å². The average molecular weight is 482 g/mol. The lowest BCUT2D eigenvalue weighted by Gasteiger charge is -2.18. The summed E-state index contributed by atoms with van der Waals surface area (Å²) in [6, 6.07) is 3.93. The van der Waals surface area contributed by atoms with Gasteiger partial charge < -0.3 is 29.0 Å². The second-order valence-electron chi connectivity index (χ2n) is 7.80. The molecule has 10 heteroatoms. The maximum absolute atomic E-state index is 12.2. The number of carbonyl (C=O) groups is 4. The van der Waals surface area contributed by atoms with Crippen molar-refractivity contribution in [2.24, 2.45) is 5.92 Å². The van der Waals surface area contributed by atoms with Crippen LogP contribution in [0.15, 0.2) is 18.2 Å². The van der Waals surface area contributed by atoms with E-state index in [2.05, 4.69) is 5.32 Å². The fraction of sp³-hybridized carbons (Fsp3) is 0.583. The number of methoxy groups -OCH3 is 1. The van der Waals surface area contributed by atoms with Crippen LogP contribution in [-0.4, -0.2) is 57.0 Å². The van der Waals surface area contributed by atoms with Crippen LogP contribution in [0.3, 0.4) is 0 Å². The molecule has 0 bridgehead atoms. The van der Waals surface area contributed by atoms with Gasteiger partial charge in [0.25, 0.3) is 0 Å². The van der Waals surface area contributed by atoms with Gasteiger partial charge in [-0.2, -0.15) is 0 Å². The SMILES string of the molecule is CCC(=O)Oc1ccc(C[C@H](NCCOC(=O)OCCC(C)C)C(=O)OC)cc1OC(=O)CC. The molecule has 1 aromatic carbocycles. The summed E-state index contributed by atoms with van der Waals surface area (Å²) >= 11 is 0. The largest absolute Gasteiger partial charge is 0.508 e. The summed E-state index contributed by atoms with van der Waals surface area (Å²) in [4.78, 5) is 47.3. The van der Waals surface area contributed by atoms with Crippen LogP contribution in [0.4, 0.5) is 4.79 Å². The fourth-order valence-electron chi connectivity index (χ4n) is 2.64. The van der Waals surface area contributed by atoms with Crippen molar-refractivity contribution in [2.75, 3.05) is 26.9 Å². The zero-order valence-corrected chi connectivity index (χ0v) is 20.5. The Balaban J connectivity index is 2.78. The summed E-state index contributed by atoms with van der Waals surface area (Å²) in [5.41, 5.74) is 0.632. The van der Waals surface area contributed by atoms with E-state index in [-0.39, 0.29) is 50.5 Å². The third-order valence-corrected chi connectivity index (χ3v) is 4.59. The van der Waals surface area contributed by atoms with Crippen molar-refractivity contribution in [2.45, 2.75) is 59.4 Å². The van der Waals surface area contributed by atoms with Crippen LogP contribution in [0.1, 0.15) is 52.5 Å². The van der Waals surface area contributed by atoms with Crippen molar-refractivity contribution in [1.82, 2.24) is 5.32 Å². The molecule has 0 aliphatic heterocycles. The number of hydrogen-bond donors (Lipinski definition) is 1. The molecular weight excluding hydrogens is 446 g/mol. The summed E-state index contributed by atoms with van der Waals surface area (Å²) < 4.78 is 25.3. The smallest absolute Gasteiger partial charge is 0.468 e. The van der Waals surface area contributed by atoms with Crippen molar-refractivity contribution in [1.29, 1.82) is 0 Å². The zero-order chi connectivity index (χ0) is 25.5. The second-order valence-corrected chi connectivity index (χ2v) is 7.80. The molecule has 0 saturated carbocycles. The van der Waals surface area contributed by atoms with Gasteiger partial charge in [-0.25, -0.2) is 4.79 Å². The third-order valence-electron chi connectivity index (χ3n) is 4.59. The number of hydrogen-bond acceptors (Lipinski definition) is 10. The van der Waals surface area contributed by atoms with Crippen molar-refractivity contribution in [3.05, 3.63) is 23.8 Å². The van der Waals surface area contributed by atoms with E-state index in [9.17, 15) is 19.2 Å². The summed E-state index contributed by atoms with van der Waals surface area (Å²) in [6.07, 6.45) is 0.451. The van der Waals surface area contributed by atoms with Gasteiger partial charge in [-0.1, -0.05) is 33.8 Å². The van der Waals surface area contributed by atoms with Crippen LogP contribution in [0.5, 0.6) is 11.5 Å². The molecule has 0 unspecified atom stereocenters. The van der Waals surface area contributed by atoms with E-state index in [1.165, 1.54) is 19.2 Å². The minimum Gasteiger partial charge on any atom is -0.468 e. The molecule has 0 aliphatic rings. The molecule has 0 heterocycles. The first-order chi connectivity index (χ1) is 16.2. The lowest BCUT2D eigenvalue weighted by atomic mass is 10.1. The Morgan fingerprint density at radius 1 is 0.912 bits per heavy atom. The third kappa shape index (κ3) is 11.1. The molecule has 1 atom stereocenters. The van der Waals surface area contributed by atoms with E-state index in [0.717, 1.165) is 6.42 Å². The average Bonchev–Trinajstić information content (AvgIpc) is 2.81. The van der Waals surface area contributed by atoms with Crippen LogP contribution >= 0.6 is 0 Å². The summed E-state index contributed by atoms with van der Waals surface area (Å²) in [7, 11) is 1.27. The maximum atomic E-state index is 12.2. The Labute approximate surface area is 200 Å². The van der Waals surface area contributed by atoms with Gasteiger partial charge in [0.15, 0.2) is 11.5 Å². The molecule has 0 saturated heterocycles.